The molecule has 1 amide bonds. The van der Waals surface area contributed by atoms with E-state index in [-0.39, 0.29) is 11.9 Å². The van der Waals surface area contributed by atoms with Gasteiger partial charge in [-0.05, 0) is 31.0 Å². The van der Waals surface area contributed by atoms with Crippen molar-refractivity contribution in [3.63, 3.8) is 0 Å². The van der Waals surface area contributed by atoms with E-state index in [1.165, 1.54) is 0 Å². The molecule has 2 fully saturated rings. The SMILES string of the molecule is CN(C)c1ccc(-c2ccnc(N3[C@@H]4CC[C@H]3CNC(=O)C4)n2)cc1. The van der Waals surface area contributed by atoms with Crippen LogP contribution in [0, 0.1) is 0 Å². The van der Waals surface area contributed by atoms with Crippen molar-refractivity contribution in [2.45, 2.75) is 31.3 Å². The molecule has 0 radical (unpaired) electrons. The van der Waals surface area contributed by atoms with Crippen molar-refractivity contribution >= 4 is 17.5 Å². The van der Waals surface area contributed by atoms with Crippen LogP contribution in [0.5, 0.6) is 0 Å². The van der Waals surface area contributed by atoms with Crippen LogP contribution in [0.4, 0.5) is 11.6 Å². The number of rotatable bonds is 3. The zero-order chi connectivity index (χ0) is 17.4. The highest BCUT2D eigenvalue weighted by atomic mass is 16.1. The van der Waals surface area contributed by atoms with Gasteiger partial charge < -0.3 is 15.1 Å². The largest absolute Gasteiger partial charge is 0.378 e. The fraction of sp³-hybridized carbons (Fsp3) is 0.421. The zero-order valence-corrected chi connectivity index (χ0v) is 14.6. The molecule has 0 saturated carbocycles. The third-order valence-electron chi connectivity index (χ3n) is 5.13. The average molecular weight is 337 g/mol. The lowest BCUT2D eigenvalue weighted by molar-refractivity contribution is -0.121. The summed E-state index contributed by atoms with van der Waals surface area (Å²) in [5.41, 5.74) is 3.15. The normalized spacial score (nSPS) is 22.5. The molecule has 2 aliphatic rings. The first-order chi connectivity index (χ1) is 12.1. The standard InChI is InChI=1S/C19H23N5O/c1-23(2)14-5-3-13(4-6-14)17-9-10-20-19(22-17)24-15-7-8-16(24)12-21-18(25)11-15/h3-6,9-10,15-16H,7-8,11-12H2,1-2H3,(H,21,25)/t15-,16+/m1/s1. The molecule has 4 rings (SSSR count). The number of fused-ring (bicyclic) bond motifs is 2. The highest BCUT2D eigenvalue weighted by Gasteiger charge is 2.38. The molecule has 6 heteroatoms. The molecule has 0 spiro atoms. The Hall–Kier alpha value is -2.63. The van der Waals surface area contributed by atoms with Gasteiger partial charge in [0, 0.05) is 56.6 Å². The third-order valence-corrected chi connectivity index (χ3v) is 5.13. The van der Waals surface area contributed by atoms with Gasteiger partial charge in [-0.25, -0.2) is 9.97 Å². The predicted octanol–water partition coefficient (Wildman–Crippen LogP) is 2.07. The van der Waals surface area contributed by atoms with Crippen molar-refractivity contribution < 1.29 is 4.79 Å². The van der Waals surface area contributed by atoms with E-state index in [0.29, 0.717) is 19.0 Å². The summed E-state index contributed by atoms with van der Waals surface area (Å²) in [6.45, 7) is 0.681. The number of nitrogens with one attached hydrogen (secondary N) is 1. The molecule has 25 heavy (non-hydrogen) atoms. The van der Waals surface area contributed by atoms with Crippen molar-refractivity contribution in [3.05, 3.63) is 36.5 Å². The van der Waals surface area contributed by atoms with E-state index in [4.69, 9.17) is 4.98 Å². The molecule has 130 valence electrons. The van der Waals surface area contributed by atoms with E-state index in [2.05, 4.69) is 44.4 Å². The van der Waals surface area contributed by atoms with Crippen LogP contribution in [0.2, 0.25) is 0 Å². The first-order valence-corrected chi connectivity index (χ1v) is 8.77. The number of carbonyl (C=O) groups excluding carboxylic acids is 1. The van der Waals surface area contributed by atoms with Gasteiger partial charge in [0.15, 0.2) is 0 Å². The van der Waals surface area contributed by atoms with Crippen LogP contribution < -0.4 is 15.1 Å². The van der Waals surface area contributed by atoms with Crippen LogP contribution in [0.15, 0.2) is 36.5 Å². The molecule has 2 aromatic rings. The van der Waals surface area contributed by atoms with E-state index >= 15 is 0 Å². The molecule has 2 aliphatic heterocycles. The van der Waals surface area contributed by atoms with Crippen molar-refractivity contribution in [3.8, 4) is 11.3 Å². The number of amides is 1. The van der Waals surface area contributed by atoms with Gasteiger partial charge in [-0.3, -0.25) is 4.79 Å². The van der Waals surface area contributed by atoms with Gasteiger partial charge in [-0.1, -0.05) is 12.1 Å². The first kappa shape index (κ1) is 15.9. The molecule has 2 atom stereocenters. The van der Waals surface area contributed by atoms with E-state index in [1.807, 2.05) is 26.4 Å². The second-order valence-corrected chi connectivity index (χ2v) is 6.98. The van der Waals surface area contributed by atoms with Gasteiger partial charge in [0.05, 0.1) is 5.69 Å². The van der Waals surface area contributed by atoms with Gasteiger partial charge in [-0.2, -0.15) is 0 Å². The predicted molar refractivity (Wildman–Crippen MR) is 98.7 cm³/mol. The minimum absolute atomic E-state index is 0.132. The van der Waals surface area contributed by atoms with Gasteiger partial charge in [0.2, 0.25) is 11.9 Å². The summed E-state index contributed by atoms with van der Waals surface area (Å²) in [6, 6.07) is 10.8. The number of anilines is 2. The summed E-state index contributed by atoms with van der Waals surface area (Å²) in [4.78, 5) is 25.5. The maximum absolute atomic E-state index is 11.8. The van der Waals surface area contributed by atoms with Crippen LogP contribution >= 0.6 is 0 Å². The number of benzene rings is 1. The molecule has 1 aromatic heterocycles. The molecule has 3 heterocycles. The fourth-order valence-electron chi connectivity index (χ4n) is 3.77. The van der Waals surface area contributed by atoms with Crippen LogP contribution in [0.25, 0.3) is 11.3 Å². The van der Waals surface area contributed by atoms with E-state index in [0.717, 1.165) is 35.7 Å². The summed E-state index contributed by atoms with van der Waals surface area (Å²) < 4.78 is 0. The maximum atomic E-state index is 11.8. The average Bonchev–Trinajstić information content (AvgIpc) is 2.94. The third kappa shape index (κ3) is 3.04. The Balaban J connectivity index is 1.64. The minimum atomic E-state index is 0.132. The molecule has 0 aliphatic carbocycles. The Bertz CT molecular complexity index is 774. The molecule has 1 aromatic carbocycles. The van der Waals surface area contributed by atoms with Crippen LogP contribution in [0.1, 0.15) is 19.3 Å². The molecule has 1 N–H and O–H groups in total. The van der Waals surface area contributed by atoms with Crippen molar-refractivity contribution in [2.75, 3.05) is 30.4 Å². The second kappa shape index (κ2) is 6.35. The Morgan fingerprint density at radius 3 is 2.64 bits per heavy atom. The molecular formula is C19H23N5O. The highest BCUT2D eigenvalue weighted by Crippen LogP contribution is 2.32. The quantitative estimate of drug-likeness (QED) is 0.929. The number of carbonyl (C=O) groups is 1. The molecule has 0 unspecified atom stereocenters. The van der Waals surface area contributed by atoms with Gasteiger partial charge >= 0.3 is 0 Å². The highest BCUT2D eigenvalue weighted by molar-refractivity contribution is 5.78. The zero-order valence-electron chi connectivity index (χ0n) is 14.6. The summed E-state index contributed by atoms with van der Waals surface area (Å²) in [7, 11) is 4.06. The number of hydrogen-bond donors (Lipinski definition) is 1. The van der Waals surface area contributed by atoms with Crippen molar-refractivity contribution in [1.82, 2.24) is 15.3 Å². The van der Waals surface area contributed by atoms with Crippen LogP contribution in [0.3, 0.4) is 0 Å². The topological polar surface area (TPSA) is 61.4 Å². The lowest BCUT2D eigenvalue weighted by Gasteiger charge is -2.27. The number of hydrogen-bond acceptors (Lipinski definition) is 5. The molecular weight excluding hydrogens is 314 g/mol. The summed E-state index contributed by atoms with van der Waals surface area (Å²) >= 11 is 0. The number of aromatic nitrogens is 2. The lowest BCUT2D eigenvalue weighted by atomic mass is 10.1. The van der Waals surface area contributed by atoms with Crippen molar-refractivity contribution in [2.24, 2.45) is 0 Å². The maximum Gasteiger partial charge on any atom is 0.226 e. The van der Waals surface area contributed by atoms with Crippen LogP contribution in [-0.2, 0) is 4.79 Å². The van der Waals surface area contributed by atoms with Gasteiger partial charge in [0.25, 0.3) is 0 Å². The monoisotopic (exact) mass is 337 g/mol. The Labute approximate surface area is 147 Å². The number of nitrogens with zero attached hydrogens (tertiary/aromatic N) is 4. The Morgan fingerprint density at radius 2 is 1.88 bits per heavy atom. The summed E-state index contributed by atoms with van der Waals surface area (Å²) in [6.07, 6.45) is 4.46. The molecule has 2 saturated heterocycles. The van der Waals surface area contributed by atoms with Gasteiger partial charge in [-0.15, -0.1) is 0 Å². The molecule has 2 bridgehead atoms. The van der Waals surface area contributed by atoms with Crippen LogP contribution in [-0.4, -0.2) is 48.6 Å². The Kier molecular flexibility index (Phi) is 4.03. The summed E-state index contributed by atoms with van der Waals surface area (Å²) in [5.74, 6) is 0.866. The minimum Gasteiger partial charge on any atom is -0.378 e. The smallest absolute Gasteiger partial charge is 0.226 e. The van der Waals surface area contributed by atoms with E-state index < -0.39 is 0 Å². The lowest BCUT2D eigenvalue weighted by Crippen LogP contribution is -2.39. The summed E-state index contributed by atoms with van der Waals surface area (Å²) in [5, 5.41) is 3.00. The fourth-order valence-corrected chi connectivity index (χ4v) is 3.77. The first-order valence-electron chi connectivity index (χ1n) is 8.77. The van der Waals surface area contributed by atoms with E-state index in [1.54, 1.807) is 0 Å². The van der Waals surface area contributed by atoms with Crippen molar-refractivity contribution in [1.29, 1.82) is 0 Å². The Morgan fingerprint density at radius 1 is 1.12 bits per heavy atom. The van der Waals surface area contributed by atoms with Gasteiger partial charge in [0.1, 0.15) is 0 Å². The second-order valence-electron chi connectivity index (χ2n) is 6.98. The van der Waals surface area contributed by atoms with E-state index in [9.17, 15) is 4.79 Å². The molecule has 6 nitrogen and oxygen atoms in total.